The lowest BCUT2D eigenvalue weighted by Crippen LogP contribution is -2.62. The van der Waals surface area contributed by atoms with Gasteiger partial charge in [0.15, 0.2) is 5.82 Å². The highest BCUT2D eigenvalue weighted by molar-refractivity contribution is 5.93. The summed E-state index contributed by atoms with van der Waals surface area (Å²) in [6.45, 7) is 8.26. The van der Waals surface area contributed by atoms with Crippen LogP contribution in [0.25, 0.3) is 16.6 Å². The number of aryl methyl sites for hydroxylation is 1. The number of rotatable bonds is 6. The lowest BCUT2D eigenvalue weighted by molar-refractivity contribution is -0.117. The quantitative estimate of drug-likeness (QED) is 0.659. The smallest absolute Gasteiger partial charge is 0.228 e. The minimum atomic E-state index is 0.0629. The molecule has 4 heterocycles. The molecule has 1 aliphatic carbocycles. The third-order valence-electron chi connectivity index (χ3n) is 6.47. The van der Waals surface area contributed by atoms with E-state index in [9.17, 15) is 4.79 Å². The predicted octanol–water partition coefficient (Wildman–Crippen LogP) is 3.77. The van der Waals surface area contributed by atoms with Gasteiger partial charge in [-0.3, -0.25) is 14.7 Å². The molecule has 1 amide bonds. The molecule has 162 valence electrons. The maximum atomic E-state index is 12.1. The topological polar surface area (TPSA) is 71.8 Å². The van der Waals surface area contributed by atoms with E-state index in [0.717, 1.165) is 47.5 Å². The van der Waals surface area contributed by atoms with E-state index in [1.807, 2.05) is 31.5 Å². The highest BCUT2D eigenvalue weighted by Crippen LogP contribution is 2.37. The number of ether oxygens (including phenoxy) is 1. The van der Waals surface area contributed by atoms with E-state index in [0.29, 0.717) is 18.5 Å². The summed E-state index contributed by atoms with van der Waals surface area (Å²) in [5.41, 5.74) is 4.16. The van der Waals surface area contributed by atoms with Gasteiger partial charge in [0.05, 0.1) is 11.7 Å². The predicted molar refractivity (Wildman–Crippen MR) is 120 cm³/mol. The zero-order valence-electron chi connectivity index (χ0n) is 18.6. The average molecular weight is 420 g/mol. The standard InChI is InChI=1S/C24H29N5O2/c1-15-9-19(20(12-25-15)31-13-21-24(2,3)14-28(21)4)17-7-8-29-18(10-17)11-22(27-29)26-23(30)16-5-6-16/h7-12,16,21H,5-6,13-14H2,1-4H3,(H,26,27,30)/t21-/m1/s1. The summed E-state index contributed by atoms with van der Waals surface area (Å²) in [6, 6.07) is 8.44. The number of aromatic nitrogens is 3. The number of pyridine rings is 2. The van der Waals surface area contributed by atoms with E-state index in [4.69, 9.17) is 4.74 Å². The first-order valence-corrected chi connectivity index (χ1v) is 10.9. The number of nitrogens with zero attached hydrogens (tertiary/aromatic N) is 4. The molecule has 2 aliphatic rings. The zero-order chi connectivity index (χ0) is 21.8. The molecule has 0 unspecified atom stereocenters. The number of nitrogens with one attached hydrogen (secondary N) is 1. The van der Waals surface area contributed by atoms with Crippen LogP contribution in [0.2, 0.25) is 0 Å². The van der Waals surface area contributed by atoms with Crippen molar-refractivity contribution < 1.29 is 9.53 Å². The SMILES string of the molecule is Cc1cc(-c2ccn3nc(NC(=O)C4CC4)cc3c2)c(OC[C@H]2N(C)CC2(C)C)cn1. The molecular formula is C24H29N5O2. The Morgan fingerprint density at radius 2 is 2.10 bits per heavy atom. The Morgan fingerprint density at radius 1 is 1.29 bits per heavy atom. The number of amides is 1. The molecule has 1 saturated carbocycles. The summed E-state index contributed by atoms with van der Waals surface area (Å²) >= 11 is 0. The van der Waals surface area contributed by atoms with Crippen LogP contribution >= 0.6 is 0 Å². The maximum absolute atomic E-state index is 12.1. The van der Waals surface area contributed by atoms with Gasteiger partial charge in [-0.05, 0) is 56.0 Å². The van der Waals surface area contributed by atoms with Crippen molar-refractivity contribution in [2.45, 2.75) is 39.7 Å². The van der Waals surface area contributed by atoms with Gasteiger partial charge in [-0.2, -0.15) is 5.10 Å². The Labute approximate surface area is 182 Å². The van der Waals surface area contributed by atoms with Crippen LogP contribution in [0.1, 0.15) is 32.4 Å². The molecule has 0 aromatic carbocycles. The van der Waals surface area contributed by atoms with Crippen molar-refractivity contribution in [2.24, 2.45) is 11.3 Å². The summed E-state index contributed by atoms with van der Waals surface area (Å²) in [4.78, 5) is 18.9. The normalized spacial score (nSPS) is 20.5. The Bertz CT molecular complexity index is 1150. The summed E-state index contributed by atoms with van der Waals surface area (Å²) < 4.78 is 8.06. The highest BCUT2D eigenvalue weighted by Gasteiger charge is 2.43. The molecule has 0 spiro atoms. The molecule has 3 aromatic heterocycles. The van der Waals surface area contributed by atoms with Gasteiger partial charge in [0.1, 0.15) is 12.4 Å². The van der Waals surface area contributed by atoms with Crippen molar-refractivity contribution in [1.29, 1.82) is 0 Å². The van der Waals surface area contributed by atoms with Crippen LogP contribution in [0.3, 0.4) is 0 Å². The Morgan fingerprint density at radius 3 is 2.81 bits per heavy atom. The minimum absolute atomic E-state index is 0.0629. The van der Waals surface area contributed by atoms with Crippen LogP contribution in [0, 0.1) is 18.3 Å². The van der Waals surface area contributed by atoms with Gasteiger partial charge in [-0.1, -0.05) is 13.8 Å². The van der Waals surface area contributed by atoms with E-state index in [-0.39, 0.29) is 17.2 Å². The number of likely N-dealkylation sites (tertiary alicyclic amines) is 1. The first-order chi connectivity index (χ1) is 14.8. The zero-order valence-corrected chi connectivity index (χ0v) is 18.6. The Hall–Kier alpha value is -2.93. The first-order valence-electron chi connectivity index (χ1n) is 10.9. The van der Waals surface area contributed by atoms with Crippen LogP contribution < -0.4 is 10.1 Å². The van der Waals surface area contributed by atoms with Gasteiger partial charge in [0, 0.05) is 42.0 Å². The van der Waals surface area contributed by atoms with Crippen LogP contribution in [0.5, 0.6) is 5.75 Å². The fraction of sp³-hybridized carbons (Fsp3) is 0.458. The molecule has 1 aliphatic heterocycles. The summed E-state index contributed by atoms with van der Waals surface area (Å²) in [5, 5.41) is 7.40. The number of fused-ring (bicyclic) bond motifs is 1. The average Bonchev–Trinajstić information content (AvgIpc) is 3.49. The van der Waals surface area contributed by atoms with Crippen LogP contribution in [-0.4, -0.2) is 51.6 Å². The molecule has 0 bridgehead atoms. The van der Waals surface area contributed by atoms with Crippen LogP contribution in [0.4, 0.5) is 5.82 Å². The van der Waals surface area contributed by atoms with Crippen molar-refractivity contribution in [2.75, 3.05) is 25.5 Å². The lowest BCUT2D eigenvalue weighted by atomic mass is 9.76. The molecule has 7 heteroatoms. The Balaban J connectivity index is 1.40. The molecule has 7 nitrogen and oxygen atoms in total. The Kier molecular flexibility index (Phi) is 4.73. The maximum Gasteiger partial charge on any atom is 0.228 e. The second-order valence-electron chi connectivity index (χ2n) is 9.63. The molecule has 1 saturated heterocycles. The number of hydrogen-bond acceptors (Lipinski definition) is 5. The van der Waals surface area contributed by atoms with Gasteiger partial charge in [0.25, 0.3) is 0 Å². The van der Waals surface area contributed by atoms with E-state index in [2.05, 4.69) is 53.3 Å². The van der Waals surface area contributed by atoms with Gasteiger partial charge in [-0.25, -0.2) is 4.52 Å². The number of likely N-dealkylation sites (N-methyl/N-ethyl adjacent to an activating group) is 1. The summed E-state index contributed by atoms with van der Waals surface area (Å²) in [5.74, 6) is 1.59. The van der Waals surface area contributed by atoms with Gasteiger partial charge in [0.2, 0.25) is 5.91 Å². The molecule has 1 N–H and O–H groups in total. The molecule has 0 radical (unpaired) electrons. The van der Waals surface area contributed by atoms with Crippen molar-refractivity contribution in [3.8, 4) is 16.9 Å². The van der Waals surface area contributed by atoms with Gasteiger partial charge < -0.3 is 10.1 Å². The molecule has 3 aromatic rings. The second-order valence-corrected chi connectivity index (χ2v) is 9.63. The number of carbonyl (C=O) groups excluding carboxylic acids is 1. The van der Waals surface area contributed by atoms with Crippen LogP contribution in [0.15, 0.2) is 36.7 Å². The third-order valence-corrected chi connectivity index (χ3v) is 6.47. The third kappa shape index (κ3) is 3.90. The van der Waals surface area contributed by atoms with Gasteiger partial charge >= 0.3 is 0 Å². The number of carbonyl (C=O) groups is 1. The summed E-state index contributed by atoms with van der Waals surface area (Å²) in [7, 11) is 2.14. The lowest BCUT2D eigenvalue weighted by Gasteiger charge is -2.52. The molecule has 5 rings (SSSR count). The fourth-order valence-corrected chi connectivity index (χ4v) is 4.55. The molecule has 31 heavy (non-hydrogen) atoms. The van der Waals surface area contributed by atoms with E-state index in [1.54, 1.807) is 4.52 Å². The van der Waals surface area contributed by atoms with Crippen LogP contribution in [-0.2, 0) is 4.79 Å². The van der Waals surface area contributed by atoms with Crippen molar-refractivity contribution in [3.05, 3.63) is 42.4 Å². The van der Waals surface area contributed by atoms with Crippen molar-refractivity contribution in [3.63, 3.8) is 0 Å². The van der Waals surface area contributed by atoms with E-state index in [1.165, 1.54) is 0 Å². The highest BCUT2D eigenvalue weighted by atomic mass is 16.5. The van der Waals surface area contributed by atoms with E-state index < -0.39 is 0 Å². The van der Waals surface area contributed by atoms with E-state index >= 15 is 0 Å². The van der Waals surface area contributed by atoms with Gasteiger partial charge in [-0.15, -0.1) is 0 Å². The number of anilines is 1. The van der Waals surface area contributed by atoms with Crippen molar-refractivity contribution >= 4 is 17.2 Å². The fourth-order valence-electron chi connectivity index (χ4n) is 4.55. The largest absolute Gasteiger partial charge is 0.490 e. The first kappa shape index (κ1) is 20.0. The minimum Gasteiger partial charge on any atom is -0.490 e. The second kappa shape index (κ2) is 7.34. The molecular weight excluding hydrogens is 390 g/mol. The monoisotopic (exact) mass is 419 g/mol. The summed E-state index contributed by atoms with van der Waals surface area (Å²) in [6.07, 6.45) is 5.68. The molecule has 2 fully saturated rings. The number of hydrogen-bond donors (Lipinski definition) is 1. The van der Waals surface area contributed by atoms with Crippen molar-refractivity contribution in [1.82, 2.24) is 19.5 Å². The molecule has 1 atom stereocenters.